The van der Waals surface area contributed by atoms with E-state index in [9.17, 15) is 18.8 Å². The van der Waals surface area contributed by atoms with Gasteiger partial charge in [-0.25, -0.2) is 13.8 Å². The molecule has 3 aromatic rings. The molecule has 1 unspecified atom stereocenters. The minimum Gasteiger partial charge on any atom is -0.481 e. The van der Waals surface area contributed by atoms with Gasteiger partial charge in [0.05, 0.1) is 23.5 Å². The summed E-state index contributed by atoms with van der Waals surface area (Å²) in [6.07, 6.45) is -2.14. The SMILES string of the molecule is C=C(NC(CC(=O)O)C(=O)CF)[C@@H](OC(=O)n1c2ccccc2c2ccccc21)C(C)C. The monoisotopic (exact) mass is 440 g/mol. The molecule has 0 aliphatic carbocycles. The average Bonchev–Trinajstić information content (AvgIpc) is 3.10. The van der Waals surface area contributed by atoms with Gasteiger partial charge in [-0.05, 0) is 18.1 Å². The van der Waals surface area contributed by atoms with Gasteiger partial charge in [-0.15, -0.1) is 0 Å². The lowest BCUT2D eigenvalue weighted by Crippen LogP contribution is -2.43. The number of carboxylic acids is 1. The van der Waals surface area contributed by atoms with Crippen molar-refractivity contribution < 1.29 is 28.6 Å². The molecule has 0 aliphatic rings. The van der Waals surface area contributed by atoms with E-state index in [-0.39, 0.29) is 11.6 Å². The summed E-state index contributed by atoms with van der Waals surface area (Å²) in [7, 11) is 0. The number of para-hydroxylation sites is 2. The Labute approximate surface area is 184 Å². The number of hydrogen-bond acceptors (Lipinski definition) is 5. The molecule has 0 radical (unpaired) electrons. The Kier molecular flexibility index (Phi) is 6.92. The van der Waals surface area contributed by atoms with Gasteiger partial charge in [0.25, 0.3) is 0 Å². The molecule has 2 aromatic carbocycles. The number of carboxylic acid groups (broad SMARTS) is 1. The van der Waals surface area contributed by atoms with Crippen LogP contribution in [-0.2, 0) is 14.3 Å². The molecule has 3 rings (SSSR count). The highest BCUT2D eigenvalue weighted by atomic mass is 19.1. The molecule has 0 saturated heterocycles. The van der Waals surface area contributed by atoms with Gasteiger partial charge in [-0.1, -0.05) is 56.8 Å². The van der Waals surface area contributed by atoms with Gasteiger partial charge in [0.2, 0.25) is 0 Å². The van der Waals surface area contributed by atoms with E-state index in [4.69, 9.17) is 9.84 Å². The molecule has 0 saturated carbocycles. The Hall–Kier alpha value is -3.68. The van der Waals surface area contributed by atoms with E-state index in [2.05, 4.69) is 11.9 Å². The lowest BCUT2D eigenvalue weighted by molar-refractivity contribution is -0.139. The van der Waals surface area contributed by atoms with Crippen LogP contribution in [0, 0.1) is 5.92 Å². The highest BCUT2D eigenvalue weighted by molar-refractivity contribution is 6.12. The molecule has 0 aliphatic heterocycles. The number of rotatable bonds is 9. The molecule has 7 nitrogen and oxygen atoms in total. The van der Waals surface area contributed by atoms with Crippen LogP contribution >= 0.6 is 0 Å². The second kappa shape index (κ2) is 9.64. The number of nitrogens with one attached hydrogen (secondary N) is 1. The third-order valence-electron chi connectivity index (χ3n) is 5.20. The van der Waals surface area contributed by atoms with Gasteiger partial charge in [0, 0.05) is 16.5 Å². The first kappa shape index (κ1) is 23.0. The average molecular weight is 440 g/mol. The van der Waals surface area contributed by atoms with Crippen LogP contribution in [0.1, 0.15) is 20.3 Å². The lowest BCUT2D eigenvalue weighted by atomic mass is 10.0. The molecule has 2 N–H and O–H groups in total. The predicted octanol–water partition coefficient (Wildman–Crippen LogP) is 4.29. The van der Waals surface area contributed by atoms with Crippen LogP contribution in [0.25, 0.3) is 21.8 Å². The highest BCUT2D eigenvalue weighted by Crippen LogP contribution is 2.29. The normalized spacial score (nSPS) is 13.1. The summed E-state index contributed by atoms with van der Waals surface area (Å²) in [6.45, 7) is 6.10. The summed E-state index contributed by atoms with van der Waals surface area (Å²) in [6, 6.07) is 13.6. The Bertz CT molecular complexity index is 1130. The number of nitrogens with zero attached hydrogens (tertiary/aromatic N) is 1. The number of aliphatic carboxylic acids is 1. The second-order valence-corrected chi connectivity index (χ2v) is 7.84. The van der Waals surface area contributed by atoms with Crippen LogP contribution in [0.3, 0.4) is 0 Å². The first-order chi connectivity index (χ1) is 15.2. The summed E-state index contributed by atoms with van der Waals surface area (Å²) >= 11 is 0. The largest absolute Gasteiger partial charge is 0.481 e. The van der Waals surface area contributed by atoms with Crippen molar-refractivity contribution in [2.45, 2.75) is 32.4 Å². The van der Waals surface area contributed by atoms with Crippen molar-refractivity contribution in [3.05, 3.63) is 60.8 Å². The number of aromatic nitrogens is 1. The van der Waals surface area contributed by atoms with Gasteiger partial charge < -0.3 is 15.2 Å². The minimum atomic E-state index is -1.31. The number of carbonyl (C=O) groups excluding carboxylic acids is 2. The molecular formula is C24H25FN2O5. The maximum atomic E-state index is 13.3. The molecule has 1 heterocycles. The topological polar surface area (TPSA) is 97.6 Å². The van der Waals surface area contributed by atoms with Crippen molar-refractivity contribution in [1.82, 2.24) is 9.88 Å². The molecule has 0 bridgehead atoms. The molecule has 2 atom stereocenters. The summed E-state index contributed by atoms with van der Waals surface area (Å²) in [5.41, 5.74) is 1.48. The van der Waals surface area contributed by atoms with Gasteiger partial charge in [-0.2, -0.15) is 0 Å². The van der Waals surface area contributed by atoms with Crippen LogP contribution in [0.5, 0.6) is 0 Å². The Morgan fingerprint density at radius 3 is 2.06 bits per heavy atom. The summed E-state index contributed by atoms with van der Waals surface area (Å²) in [5.74, 6) is -2.43. The van der Waals surface area contributed by atoms with E-state index in [0.717, 1.165) is 10.8 Å². The minimum absolute atomic E-state index is 0.127. The number of hydrogen-bond donors (Lipinski definition) is 2. The van der Waals surface area contributed by atoms with E-state index >= 15 is 0 Å². The molecule has 8 heteroatoms. The van der Waals surface area contributed by atoms with Gasteiger partial charge in [0.1, 0.15) is 12.8 Å². The van der Waals surface area contributed by atoms with Gasteiger partial charge in [0.15, 0.2) is 5.78 Å². The van der Waals surface area contributed by atoms with Crippen molar-refractivity contribution in [1.29, 1.82) is 0 Å². The number of halogens is 1. The van der Waals surface area contributed by atoms with E-state index in [1.165, 1.54) is 4.57 Å². The summed E-state index contributed by atoms with van der Waals surface area (Å²) < 4.78 is 20.1. The van der Waals surface area contributed by atoms with Crippen molar-refractivity contribution in [2.75, 3.05) is 6.67 Å². The molecule has 32 heavy (non-hydrogen) atoms. The molecule has 0 spiro atoms. The zero-order chi connectivity index (χ0) is 23.4. The second-order valence-electron chi connectivity index (χ2n) is 7.84. The van der Waals surface area contributed by atoms with Crippen molar-refractivity contribution >= 4 is 39.7 Å². The number of alkyl halides is 1. The van der Waals surface area contributed by atoms with Crippen LogP contribution < -0.4 is 5.32 Å². The van der Waals surface area contributed by atoms with E-state index in [0.29, 0.717) is 11.0 Å². The van der Waals surface area contributed by atoms with Crippen LogP contribution in [0.15, 0.2) is 60.8 Å². The fourth-order valence-corrected chi connectivity index (χ4v) is 3.71. The first-order valence-corrected chi connectivity index (χ1v) is 10.2. The smallest absolute Gasteiger partial charge is 0.419 e. The third kappa shape index (κ3) is 4.64. The number of carbonyl (C=O) groups is 3. The van der Waals surface area contributed by atoms with Crippen LogP contribution in [0.2, 0.25) is 0 Å². The lowest BCUT2D eigenvalue weighted by Gasteiger charge is -2.27. The predicted molar refractivity (Wildman–Crippen MR) is 119 cm³/mol. The van der Waals surface area contributed by atoms with Crippen molar-refractivity contribution in [2.24, 2.45) is 5.92 Å². The zero-order valence-electron chi connectivity index (χ0n) is 17.9. The fraction of sp³-hybridized carbons (Fsp3) is 0.292. The number of Topliss-reactive ketones (excluding diaryl/α,β-unsaturated/α-hetero) is 1. The number of ketones is 1. The van der Waals surface area contributed by atoms with Crippen molar-refractivity contribution in [3.63, 3.8) is 0 Å². The zero-order valence-corrected chi connectivity index (χ0v) is 17.9. The Balaban J connectivity index is 1.91. The van der Waals surface area contributed by atoms with E-state index < -0.39 is 43.1 Å². The summed E-state index contributed by atoms with van der Waals surface area (Å²) in [5, 5.41) is 13.5. The van der Waals surface area contributed by atoms with Gasteiger partial charge >= 0.3 is 12.1 Å². The van der Waals surface area contributed by atoms with E-state index in [1.807, 2.05) is 48.5 Å². The number of ether oxygens (including phenoxy) is 1. The number of fused-ring (bicyclic) bond motifs is 3. The highest BCUT2D eigenvalue weighted by Gasteiger charge is 2.29. The summed E-state index contributed by atoms with van der Waals surface area (Å²) in [4.78, 5) is 36.1. The first-order valence-electron chi connectivity index (χ1n) is 10.2. The van der Waals surface area contributed by atoms with Gasteiger partial charge in [-0.3, -0.25) is 9.59 Å². The Morgan fingerprint density at radius 2 is 1.59 bits per heavy atom. The quantitative estimate of drug-likeness (QED) is 0.515. The molecule has 0 amide bonds. The maximum absolute atomic E-state index is 13.3. The van der Waals surface area contributed by atoms with Crippen LogP contribution in [0.4, 0.5) is 9.18 Å². The molecule has 0 fully saturated rings. The maximum Gasteiger partial charge on any atom is 0.419 e. The molecule has 1 aromatic heterocycles. The fourth-order valence-electron chi connectivity index (χ4n) is 3.71. The van der Waals surface area contributed by atoms with Crippen LogP contribution in [-0.4, -0.2) is 46.3 Å². The standard InChI is InChI=1S/C24H25FN2O5/c1-14(2)23(15(3)26-18(12-22(29)30)21(28)13-25)32-24(31)27-19-10-6-4-8-16(19)17-9-5-7-11-20(17)27/h4-11,14,18,23,26H,3,12-13H2,1-2H3,(H,29,30)/t18?,23-/m0/s1. The molecular weight excluding hydrogens is 415 g/mol. The van der Waals surface area contributed by atoms with Crippen molar-refractivity contribution in [3.8, 4) is 0 Å². The Morgan fingerprint density at radius 1 is 1.06 bits per heavy atom. The van der Waals surface area contributed by atoms with E-state index in [1.54, 1.807) is 13.8 Å². The number of benzene rings is 2. The molecule has 168 valence electrons. The third-order valence-corrected chi connectivity index (χ3v) is 5.20.